The Kier molecular flexibility index (Phi) is 6.10. The van der Waals surface area contributed by atoms with Crippen molar-refractivity contribution in [3.8, 4) is 0 Å². The van der Waals surface area contributed by atoms with Crippen LogP contribution in [0.25, 0.3) is 6.08 Å². The molecule has 36 heavy (non-hydrogen) atoms. The molecule has 7 nitrogen and oxygen atoms in total. The summed E-state index contributed by atoms with van der Waals surface area (Å²) in [6, 6.07) is 29.0. The van der Waals surface area contributed by atoms with Gasteiger partial charge in [0.1, 0.15) is 11.5 Å². The number of hydrogen-bond donors (Lipinski definition) is 1. The molecule has 1 fully saturated rings. The summed E-state index contributed by atoms with van der Waals surface area (Å²) in [6.07, 6.45) is 1.66. The predicted molar refractivity (Wildman–Crippen MR) is 143 cm³/mol. The molecule has 0 radical (unpaired) electrons. The lowest BCUT2D eigenvalue weighted by Crippen LogP contribution is -2.30. The Morgan fingerprint density at radius 2 is 1.50 bits per heavy atom. The molecule has 0 saturated carbocycles. The monoisotopic (exact) mass is 495 g/mol. The van der Waals surface area contributed by atoms with Gasteiger partial charge in [-0.25, -0.2) is 4.79 Å². The van der Waals surface area contributed by atoms with Crippen LogP contribution in [0.2, 0.25) is 0 Å². The number of likely N-dealkylation sites (N-methyl/N-ethyl adjacent to an activating group) is 1. The maximum Gasteiger partial charge on any atom is 0.335 e. The number of aromatic carboxylic acids is 1. The molecular weight excluding hydrogens is 474 g/mol. The van der Waals surface area contributed by atoms with E-state index in [4.69, 9.17) is 16.6 Å². The highest BCUT2D eigenvalue weighted by Crippen LogP contribution is 2.36. The Labute approximate surface area is 213 Å². The number of carbonyl (C=O) groups is 2. The van der Waals surface area contributed by atoms with Gasteiger partial charge in [0, 0.05) is 30.6 Å². The number of nitrogens with zero attached hydrogens (tertiary/aromatic N) is 3. The molecule has 1 saturated heterocycles. The van der Waals surface area contributed by atoms with Gasteiger partial charge < -0.3 is 14.4 Å². The molecule has 1 aromatic heterocycles. The zero-order valence-electron chi connectivity index (χ0n) is 19.2. The summed E-state index contributed by atoms with van der Waals surface area (Å²) in [5.74, 6) is -0.254. The van der Waals surface area contributed by atoms with Crippen LogP contribution in [0.15, 0.2) is 107 Å². The normalized spacial score (nSPS) is 14.5. The molecular formula is C28H21N3O4S. The number of rotatable bonds is 6. The molecule has 1 N–H and O–H groups in total. The molecule has 2 heterocycles. The van der Waals surface area contributed by atoms with Crippen LogP contribution in [-0.4, -0.2) is 34.0 Å². The molecule has 178 valence electrons. The highest BCUT2D eigenvalue weighted by Gasteiger charge is 2.37. The van der Waals surface area contributed by atoms with Crippen LogP contribution in [0.3, 0.4) is 0 Å². The third kappa shape index (κ3) is 4.25. The molecule has 5 rings (SSSR count). The number of anilines is 4. The minimum absolute atomic E-state index is 0.193. The van der Waals surface area contributed by atoms with E-state index in [1.165, 1.54) is 4.90 Å². The molecule has 0 bridgehead atoms. The van der Waals surface area contributed by atoms with Gasteiger partial charge in [0.25, 0.3) is 5.91 Å². The van der Waals surface area contributed by atoms with Crippen molar-refractivity contribution in [1.29, 1.82) is 0 Å². The number of carbonyl (C=O) groups excluding carboxylic acids is 1. The Balaban J connectivity index is 1.50. The second-order valence-electron chi connectivity index (χ2n) is 8.05. The first kappa shape index (κ1) is 23.1. The maximum atomic E-state index is 13.2. The predicted octanol–water partition coefficient (Wildman–Crippen LogP) is 6.05. The van der Waals surface area contributed by atoms with Gasteiger partial charge in [-0.3, -0.25) is 14.6 Å². The Hall–Kier alpha value is -4.69. The smallest absolute Gasteiger partial charge is 0.335 e. The standard InChI is InChI=1S/C28H21N3O4S/c1-29-24(26(32)31(28(29)36)21-10-6-3-7-11-21)18-23-16-17-25(35-23)30(20-8-4-2-5-9-20)22-14-12-19(13-15-22)27(33)34/h2-18H,1H3,(H,33,34)/b24-18-. The number of hydrogen-bond acceptors (Lipinski definition) is 5. The van der Waals surface area contributed by atoms with Gasteiger partial charge in [0.05, 0.1) is 11.3 Å². The van der Waals surface area contributed by atoms with Gasteiger partial charge in [-0.2, -0.15) is 0 Å². The number of furan rings is 1. The van der Waals surface area contributed by atoms with Gasteiger partial charge in [-0.05, 0) is 66.8 Å². The van der Waals surface area contributed by atoms with E-state index in [1.54, 1.807) is 54.4 Å². The largest absolute Gasteiger partial charge is 0.478 e. The first-order valence-electron chi connectivity index (χ1n) is 11.1. The summed E-state index contributed by atoms with van der Waals surface area (Å²) >= 11 is 5.53. The number of thiocarbonyl (C=S) groups is 1. The van der Waals surface area contributed by atoms with Crippen LogP contribution in [0.5, 0.6) is 0 Å². The minimum atomic E-state index is -0.993. The molecule has 4 aromatic rings. The van der Waals surface area contributed by atoms with Gasteiger partial charge in [0.15, 0.2) is 5.11 Å². The lowest BCUT2D eigenvalue weighted by atomic mass is 10.2. The van der Waals surface area contributed by atoms with Gasteiger partial charge in [-0.1, -0.05) is 36.4 Å². The van der Waals surface area contributed by atoms with E-state index in [-0.39, 0.29) is 11.5 Å². The van der Waals surface area contributed by atoms with Crippen LogP contribution in [-0.2, 0) is 4.79 Å². The highest BCUT2D eigenvalue weighted by atomic mass is 32.1. The Morgan fingerprint density at radius 3 is 2.14 bits per heavy atom. The zero-order chi connectivity index (χ0) is 25.2. The average molecular weight is 496 g/mol. The summed E-state index contributed by atoms with van der Waals surface area (Å²) in [6.45, 7) is 0. The van der Waals surface area contributed by atoms with Crippen LogP contribution in [0, 0.1) is 0 Å². The lowest BCUT2D eigenvalue weighted by molar-refractivity contribution is -0.114. The van der Waals surface area contributed by atoms with Crippen molar-refractivity contribution in [1.82, 2.24) is 4.90 Å². The van der Waals surface area contributed by atoms with Crippen molar-refractivity contribution in [2.24, 2.45) is 0 Å². The summed E-state index contributed by atoms with van der Waals surface area (Å²) in [5, 5.41) is 9.64. The molecule has 0 aliphatic carbocycles. The zero-order valence-corrected chi connectivity index (χ0v) is 20.1. The highest BCUT2D eigenvalue weighted by molar-refractivity contribution is 7.80. The molecule has 0 atom stereocenters. The number of amides is 1. The van der Waals surface area contributed by atoms with Crippen molar-refractivity contribution >= 4 is 58.2 Å². The van der Waals surface area contributed by atoms with E-state index in [0.717, 1.165) is 11.4 Å². The van der Waals surface area contributed by atoms with Crippen molar-refractivity contribution in [2.45, 2.75) is 0 Å². The summed E-state index contributed by atoms with van der Waals surface area (Å²) < 4.78 is 6.16. The number of carboxylic acid groups (broad SMARTS) is 1. The van der Waals surface area contributed by atoms with E-state index >= 15 is 0 Å². The van der Waals surface area contributed by atoms with Crippen molar-refractivity contribution in [3.63, 3.8) is 0 Å². The molecule has 1 aliphatic heterocycles. The molecule has 1 amide bonds. The first-order valence-corrected chi connectivity index (χ1v) is 11.5. The molecule has 3 aromatic carbocycles. The Bertz CT molecular complexity index is 1460. The van der Waals surface area contributed by atoms with Gasteiger partial charge >= 0.3 is 5.97 Å². The first-order chi connectivity index (χ1) is 17.4. The number of carboxylic acids is 1. The fourth-order valence-corrected chi connectivity index (χ4v) is 4.26. The summed E-state index contributed by atoms with van der Waals surface area (Å²) in [7, 11) is 1.75. The van der Waals surface area contributed by atoms with E-state index in [9.17, 15) is 14.7 Å². The fourth-order valence-electron chi connectivity index (χ4n) is 3.97. The van der Waals surface area contributed by atoms with Crippen LogP contribution in [0.1, 0.15) is 16.1 Å². The van der Waals surface area contributed by atoms with E-state index in [0.29, 0.717) is 28.1 Å². The second-order valence-corrected chi connectivity index (χ2v) is 8.41. The maximum absolute atomic E-state index is 13.2. The topological polar surface area (TPSA) is 77.2 Å². The van der Waals surface area contributed by atoms with Crippen LogP contribution < -0.4 is 9.80 Å². The van der Waals surface area contributed by atoms with Gasteiger partial charge in [0.2, 0.25) is 5.88 Å². The van der Waals surface area contributed by atoms with Crippen LogP contribution >= 0.6 is 12.2 Å². The SMILES string of the molecule is CN1C(=S)N(c2ccccc2)C(=O)/C1=C/c1ccc(N(c2ccccc2)c2ccc(C(=O)O)cc2)o1. The van der Waals surface area contributed by atoms with E-state index < -0.39 is 5.97 Å². The van der Waals surface area contributed by atoms with Crippen molar-refractivity contribution in [2.75, 3.05) is 16.8 Å². The van der Waals surface area contributed by atoms with Crippen molar-refractivity contribution in [3.05, 3.63) is 114 Å². The molecule has 1 aliphatic rings. The minimum Gasteiger partial charge on any atom is -0.478 e. The van der Waals surface area contributed by atoms with E-state index in [1.807, 2.05) is 65.6 Å². The fraction of sp³-hybridized carbons (Fsp3) is 0.0357. The third-order valence-corrected chi connectivity index (χ3v) is 6.23. The summed E-state index contributed by atoms with van der Waals surface area (Å²) in [5.41, 5.74) is 2.84. The Morgan fingerprint density at radius 1 is 0.889 bits per heavy atom. The van der Waals surface area contributed by atoms with Crippen molar-refractivity contribution < 1.29 is 19.1 Å². The third-order valence-electron chi connectivity index (χ3n) is 5.77. The van der Waals surface area contributed by atoms with Crippen LogP contribution in [0.4, 0.5) is 22.9 Å². The lowest BCUT2D eigenvalue weighted by Gasteiger charge is -2.22. The van der Waals surface area contributed by atoms with E-state index in [2.05, 4.69) is 0 Å². The quantitative estimate of drug-likeness (QED) is 0.258. The summed E-state index contributed by atoms with van der Waals surface area (Å²) in [4.78, 5) is 29.5. The molecule has 8 heteroatoms. The average Bonchev–Trinajstić information content (AvgIpc) is 3.44. The second kappa shape index (κ2) is 9.52. The van der Waals surface area contributed by atoms with Gasteiger partial charge in [-0.15, -0.1) is 0 Å². The number of para-hydroxylation sites is 2. The molecule has 0 spiro atoms. The molecule has 0 unspecified atom stereocenters. The number of benzene rings is 3.